The van der Waals surface area contributed by atoms with Crippen LogP contribution in [0.25, 0.3) is 20.8 Å². The van der Waals surface area contributed by atoms with Crippen molar-refractivity contribution in [2.24, 2.45) is 0 Å². The number of aryl methyl sites for hydroxylation is 1. The molecule has 1 heterocycles. The van der Waals surface area contributed by atoms with Crippen LogP contribution >= 0.6 is 11.3 Å². The first-order valence-corrected chi connectivity index (χ1v) is 5.99. The van der Waals surface area contributed by atoms with E-state index in [4.69, 9.17) is 0 Å². The van der Waals surface area contributed by atoms with E-state index in [1.54, 1.807) is 11.3 Å². The van der Waals surface area contributed by atoms with Crippen LogP contribution in [0.5, 0.6) is 0 Å². The van der Waals surface area contributed by atoms with Crippen molar-refractivity contribution < 1.29 is 0 Å². The number of rotatable bonds is 1. The second kappa shape index (κ2) is 3.72. The van der Waals surface area contributed by atoms with Crippen LogP contribution in [-0.4, -0.2) is 4.98 Å². The van der Waals surface area contributed by atoms with Crippen molar-refractivity contribution in [2.75, 3.05) is 0 Å². The van der Waals surface area contributed by atoms with Crippen molar-refractivity contribution in [3.8, 4) is 10.6 Å². The van der Waals surface area contributed by atoms with Crippen LogP contribution in [0.4, 0.5) is 0 Å². The lowest BCUT2D eigenvalue weighted by atomic mass is 10.2. The summed E-state index contributed by atoms with van der Waals surface area (Å²) < 4.78 is 1.23. The largest absolute Gasteiger partial charge is 0.236 e. The second-order valence-electron chi connectivity index (χ2n) is 3.77. The van der Waals surface area contributed by atoms with Gasteiger partial charge in [-0.25, -0.2) is 4.98 Å². The molecule has 77 valence electrons. The molecule has 0 spiro atoms. The van der Waals surface area contributed by atoms with Gasteiger partial charge < -0.3 is 0 Å². The SMILES string of the molecule is Cc1c[c]c(-c2nc3ccccc3s2)cc1. The Kier molecular flexibility index (Phi) is 2.22. The minimum absolute atomic E-state index is 1.04. The van der Waals surface area contributed by atoms with Gasteiger partial charge in [0.25, 0.3) is 0 Å². The van der Waals surface area contributed by atoms with Gasteiger partial charge in [-0.1, -0.05) is 35.9 Å². The van der Waals surface area contributed by atoms with Crippen molar-refractivity contribution >= 4 is 21.6 Å². The van der Waals surface area contributed by atoms with E-state index >= 15 is 0 Å². The van der Waals surface area contributed by atoms with E-state index in [1.165, 1.54) is 10.3 Å². The average molecular weight is 224 g/mol. The van der Waals surface area contributed by atoms with Crippen LogP contribution in [0.2, 0.25) is 0 Å². The summed E-state index contributed by atoms with van der Waals surface area (Å²) in [5.41, 5.74) is 3.37. The van der Waals surface area contributed by atoms with Crippen LogP contribution < -0.4 is 0 Å². The summed E-state index contributed by atoms with van der Waals surface area (Å²) in [6.45, 7) is 2.07. The van der Waals surface area contributed by atoms with Gasteiger partial charge in [0.2, 0.25) is 0 Å². The summed E-state index contributed by atoms with van der Waals surface area (Å²) in [4.78, 5) is 4.60. The quantitative estimate of drug-likeness (QED) is 0.607. The predicted molar refractivity (Wildman–Crippen MR) is 68.6 cm³/mol. The molecule has 0 aliphatic heterocycles. The normalized spacial score (nSPS) is 10.8. The molecule has 0 aliphatic carbocycles. The molecule has 0 saturated heterocycles. The predicted octanol–water partition coefficient (Wildman–Crippen LogP) is 4.07. The Balaban J connectivity index is 2.15. The third kappa shape index (κ3) is 1.61. The molecular weight excluding hydrogens is 214 g/mol. The molecule has 0 bridgehead atoms. The van der Waals surface area contributed by atoms with E-state index in [0.717, 1.165) is 16.1 Å². The Morgan fingerprint density at radius 2 is 2.00 bits per heavy atom. The topological polar surface area (TPSA) is 12.9 Å². The van der Waals surface area contributed by atoms with Crippen LogP contribution in [0.3, 0.4) is 0 Å². The maximum Gasteiger partial charge on any atom is 0.125 e. The molecule has 1 radical (unpaired) electrons. The molecule has 3 rings (SSSR count). The number of hydrogen-bond acceptors (Lipinski definition) is 2. The summed E-state index contributed by atoms with van der Waals surface area (Å²) >= 11 is 1.71. The van der Waals surface area contributed by atoms with E-state index in [2.05, 4.69) is 36.2 Å². The maximum atomic E-state index is 4.60. The lowest BCUT2D eigenvalue weighted by molar-refractivity contribution is 1.43. The standard InChI is InChI=1S/C14H10NS/c1-10-6-8-11(9-7-10)14-15-12-4-2-3-5-13(12)16-14/h2-8H,1H3. The summed E-state index contributed by atoms with van der Waals surface area (Å²) in [5, 5.41) is 1.04. The highest BCUT2D eigenvalue weighted by Crippen LogP contribution is 2.29. The Morgan fingerprint density at radius 3 is 2.75 bits per heavy atom. The number of benzene rings is 2. The molecule has 1 aromatic heterocycles. The smallest absolute Gasteiger partial charge is 0.125 e. The molecule has 0 unspecified atom stereocenters. The first kappa shape index (κ1) is 9.55. The van der Waals surface area contributed by atoms with Gasteiger partial charge in [-0.2, -0.15) is 0 Å². The van der Waals surface area contributed by atoms with Gasteiger partial charge in [0.05, 0.1) is 10.2 Å². The Labute approximate surface area is 98.4 Å². The van der Waals surface area contributed by atoms with Gasteiger partial charge in [0.15, 0.2) is 0 Å². The van der Waals surface area contributed by atoms with Crippen molar-refractivity contribution in [2.45, 2.75) is 6.92 Å². The van der Waals surface area contributed by atoms with Gasteiger partial charge in [-0.05, 0) is 25.1 Å². The lowest BCUT2D eigenvalue weighted by Gasteiger charge is -1.95. The monoisotopic (exact) mass is 224 g/mol. The number of nitrogens with zero attached hydrogens (tertiary/aromatic N) is 1. The summed E-state index contributed by atoms with van der Waals surface area (Å²) in [6, 6.07) is 17.6. The van der Waals surface area contributed by atoms with Gasteiger partial charge >= 0.3 is 0 Å². The van der Waals surface area contributed by atoms with Gasteiger partial charge in [0, 0.05) is 5.56 Å². The molecule has 0 amide bonds. The van der Waals surface area contributed by atoms with Crippen LogP contribution in [0.15, 0.2) is 42.5 Å². The van der Waals surface area contributed by atoms with Crippen molar-refractivity contribution in [1.82, 2.24) is 4.98 Å². The molecule has 0 aliphatic rings. The Morgan fingerprint density at radius 1 is 1.12 bits per heavy atom. The molecule has 0 atom stereocenters. The fourth-order valence-electron chi connectivity index (χ4n) is 1.62. The highest BCUT2D eigenvalue weighted by molar-refractivity contribution is 7.21. The zero-order chi connectivity index (χ0) is 11.0. The fourth-order valence-corrected chi connectivity index (χ4v) is 2.58. The molecule has 0 N–H and O–H groups in total. The number of aromatic nitrogens is 1. The highest BCUT2D eigenvalue weighted by atomic mass is 32.1. The Hall–Kier alpha value is -1.67. The first-order valence-electron chi connectivity index (χ1n) is 5.17. The van der Waals surface area contributed by atoms with Crippen LogP contribution in [0.1, 0.15) is 5.56 Å². The first-order chi connectivity index (χ1) is 7.83. The minimum Gasteiger partial charge on any atom is -0.236 e. The van der Waals surface area contributed by atoms with E-state index in [-0.39, 0.29) is 0 Å². The molecule has 0 fully saturated rings. The van der Waals surface area contributed by atoms with Gasteiger partial charge in [-0.3, -0.25) is 0 Å². The molecule has 16 heavy (non-hydrogen) atoms. The molecule has 1 nitrogen and oxygen atoms in total. The van der Waals surface area contributed by atoms with Crippen LogP contribution in [-0.2, 0) is 0 Å². The number of hydrogen-bond donors (Lipinski definition) is 0. The number of thiazole rings is 1. The third-order valence-corrected chi connectivity index (χ3v) is 3.56. The molecule has 3 aromatic rings. The summed E-state index contributed by atoms with van der Waals surface area (Å²) in [6.07, 6.45) is 0. The molecular formula is C14H10NS. The highest BCUT2D eigenvalue weighted by Gasteiger charge is 2.04. The molecule has 2 heteroatoms. The van der Waals surface area contributed by atoms with Crippen LogP contribution in [0, 0.1) is 13.0 Å². The van der Waals surface area contributed by atoms with Gasteiger partial charge in [0.1, 0.15) is 5.01 Å². The second-order valence-corrected chi connectivity index (χ2v) is 4.80. The van der Waals surface area contributed by atoms with E-state index in [9.17, 15) is 0 Å². The van der Waals surface area contributed by atoms with Crippen molar-refractivity contribution in [1.29, 1.82) is 0 Å². The minimum atomic E-state index is 1.04. The molecule has 2 aromatic carbocycles. The summed E-state index contributed by atoms with van der Waals surface area (Å²) in [7, 11) is 0. The lowest BCUT2D eigenvalue weighted by Crippen LogP contribution is -1.76. The molecule has 0 saturated carbocycles. The maximum absolute atomic E-state index is 4.60. The van der Waals surface area contributed by atoms with Gasteiger partial charge in [-0.15, -0.1) is 11.3 Å². The van der Waals surface area contributed by atoms with E-state index in [1.807, 2.05) is 24.3 Å². The zero-order valence-electron chi connectivity index (χ0n) is 8.90. The van der Waals surface area contributed by atoms with E-state index in [0.29, 0.717) is 0 Å². The number of fused-ring (bicyclic) bond motifs is 1. The zero-order valence-corrected chi connectivity index (χ0v) is 9.71. The third-order valence-electron chi connectivity index (χ3n) is 2.49. The van der Waals surface area contributed by atoms with Crippen molar-refractivity contribution in [3.63, 3.8) is 0 Å². The summed E-state index contributed by atoms with van der Waals surface area (Å²) in [5.74, 6) is 0. The van der Waals surface area contributed by atoms with Crippen molar-refractivity contribution in [3.05, 3.63) is 54.1 Å². The van der Waals surface area contributed by atoms with E-state index < -0.39 is 0 Å². The Bertz CT molecular complexity index is 590. The average Bonchev–Trinajstić information content (AvgIpc) is 2.73. The number of para-hydroxylation sites is 1. The fraction of sp³-hybridized carbons (Fsp3) is 0.0714.